The standard InChI is InChI=1S/C8H10O.W/c1-4-7(2)5-6-8(3)9;/h4-5H,1H2,2-3H3;/b7-5-;. The Hall–Kier alpha value is -0.292. The Kier molecular flexibility index (Phi) is 4.38. The van der Waals surface area contributed by atoms with Gasteiger partial charge in [0.1, 0.15) is 0 Å². The molecule has 0 saturated carbocycles. The van der Waals surface area contributed by atoms with Crippen molar-refractivity contribution >= 4 is 9.68 Å². The Morgan fingerprint density at radius 3 is 2.30 bits per heavy atom. The molecule has 2 heteroatoms. The van der Waals surface area contributed by atoms with Crippen molar-refractivity contribution < 1.29 is 24.1 Å². The Morgan fingerprint density at radius 1 is 1.50 bits per heavy atom. The molecule has 0 aliphatic rings. The monoisotopic (exact) mass is 306 g/mol. The summed E-state index contributed by atoms with van der Waals surface area (Å²) in [6.07, 6.45) is 3.61. The van der Waals surface area contributed by atoms with Gasteiger partial charge in [-0.15, -0.1) is 0 Å². The molecule has 0 fully saturated rings. The van der Waals surface area contributed by atoms with Gasteiger partial charge < -0.3 is 0 Å². The van der Waals surface area contributed by atoms with Gasteiger partial charge in [-0.25, -0.2) is 0 Å². The zero-order valence-electron chi connectivity index (χ0n) is 6.18. The van der Waals surface area contributed by atoms with Crippen LogP contribution in [0.4, 0.5) is 0 Å². The fourth-order valence-corrected chi connectivity index (χ4v) is 1.04. The normalized spacial score (nSPS) is 10.8. The van der Waals surface area contributed by atoms with Crippen LogP contribution in [0.15, 0.2) is 24.3 Å². The molecule has 0 rings (SSSR count). The van der Waals surface area contributed by atoms with Gasteiger partial charge in [-0.1, -0.05) is 0 Å². The van der Waals surface area contributed by atoms with E-state index in [9.17, 15) is 4.79 Å². The van der Waals surface area contributed by atoms with Crippen molar-refractivity contribution in [3.05, 3.63) is 24.3 Å². The molecule has 0 aromatic heterocycles. The summed E-state index contributed by atoms with van der Waals surface area (Å²) in [5.74, 6) is 0.149. The molecule has 1 nitrogen and oxygen atoms in total. The third-order valence-corrected chi connectivity index (χ3v) is 2.48. The van der Waals surface area contributed by atoms with E-state index in [0.717, 1.165) is 9.47 Å². The summed E-state index contributed by atoms with van der Waals surface area (Å²) in [4.78, 5) is 10.7. The summed E-state index contributed by atoms with van der Waals surface area (Å²) < 4.78 is 0.859. The molecule has 0 bridgehead atoms. The predicted molar refractivity (Wildman–Crippen MR) is 39.6 cm³/mol. The molecule has 0 amide bonds. The molecule has 0 saturated heterocycles. The van der Waals surface area contributed by atoms with Crippen molar-refractivity contribution in [1.82, 2.24) is 0 Å². The van der Waals surface area contributed by atoms with Crippen LogP contribution in [-0.4, -0.2) is 9.68 Å². The average molecular weight is 306 g/mol. The molecule has 54 valence electrons. The molecule has 0 radical (unpaired) electrons. The van der Waals surface area contributed by atoms with Crippen LogP contribution in [0.25, 0.3) is 0 Å². The summed E-state index contributed by atoms with van der Waals surface area (Å²) >= 11 is 1.21. The van der Waals surface area contributed by atoms with E-state index < -0.39 is 0 Å². The van der Waals surface area contributed by atoms with Crippen LogP contribution in [0.5, 0.6) is 0 Å². The number of rotatable bonds is 3. The second-order valence-corrected chi connectivity index (χ2v) is 3.59. The summed E-state index contributed by atoms with van der Waals surface area (Å²) in [6, 6.07) is 0. The molecule has 0 N–H and O–H groups in total. The molecule has 10 heavy (non-hydrogen) atoms. The molecule has 0 atom stereocenters. The van der Waals surface area contributed by atoms with E-state index in [4.69, 9.17) is 0 Å². The first-order chi connectivity index (χ1) is 4.57. The minimum atomic E-state index is 0.149. The molecular formula is C8H10OW. The van der Waals surface area contributed by atoms with Crippen molar-refractivity contribution in [3.63, 3.8) is 0 Å². The number of ketones is 1. The fourth-order valence-electron chi connectivity index (χ4n) is 0.367. The number of carbonyl (C=O) groups is 1. The number of hydrogen-bond acceptors (Lipinski definition) is 1. The number of hydrogen-bond donors (Lipinski definition) is 0. The van der Waals surface area contributed by atoms with Gasteiger partial charge in [0.15, 0.2) is 0 Å². The molecule has 0 aliphatic carbocycles. The van der Waals surface area contributed by atoms with Crippen molar-refractivity contribution in [2.24, 2.45) is 0 Å². The van der Waals surface area contributed by atoms with Gasteiger partial charge in [0.05, 0.1) is 0 Å². The third-order valence-electron chi connectivity index (χ3n) is 1.03. The number of carbonyl (C=O) groups excluding carboxylic acids is 1. The second-order valence-electron chi connectivity index (χ2n) is 2.01. The first-order valence-corrected chi connectivity index (χ1v) is 4.40. The van der Waals surface area contributed by atoms with Crippen LogP contribution in [0, 0.1) is 0 Å². The Morgan fingerprint density at radius 2 is 2.00 bits per heavy atom. The van der Waals surface area contributed by atoms with Gasteiger partial charge in [0, 0.05) is 0 Å². The molecule has 0 spiro atoms. The first-order valence-electron chi connectivity index (χ1n) is 2.93. The van der Waals surface area contributed by atoms with E-state index in [2.05, 4.69) is 6.58 Å². The summed E-state index contributed by atoms with van der Waals surface area (Å²) in [5, 5.41) is 0. The Balaban J connectivity index is 4.27. The third kappa shape index (κ3) is 3.68. The van der Waals surface area contributed by atoms with Crippen LogP contribution in [0.3, 0.4) is 0 Å². The maximum atomic E-state index is 10.7. The SMILES string of the molecule is C=C/C(C)=C\[C](=[W])C(C)=O. The van der Waals surface area contributed by atoms with E-state index in [1.54, 1.807) is 13.0 Å². The Labute approximate surface area is 72.2 Å². The number of Topliss-reactive ketones (excluding diaryl/α,β-unsaturated/α-hetero) is 1. The molecule has 0 aliphatic heterocycles. The van der Waals surface area contributed by atoms with Crippen LogP contribution in [-0.2, 0) is 24.1 Å². The van der Waals surface area contributed by atoms with Crippen molar-refractivity contribution in [1.29, 1.82) is 0 Å². The van der Waals surface area contributed by atoms with E-state index in [-0.39, 0.29) is 5.78 Å². The minimum absolute atomic E-state index is 0.149. The van der Waals surface area contributed by atoms with E-state index in [1.807, 2.05) is 13.0 Å². The van der Waals surface area contributed by atoms with Crippen LogP contribution in [0.1, 0.15) is 13.8 Å². The van der Waals surface area contributed by atoms with Crippen LogP contribution < -0.4 is 0 Å². The molecule has 0 unspecified atom stereocenters. The van der Waals surface area contributed by atoms with Gasteiger partial charge in [0.2, 0.25) is 0 Å². The summed E-state index contributed by atoms with van der Waals surface area (Å²) in [5.41, 5.74) is 1.04. The zero-order chi connectivity index (χ0) is 8.15. The maximum absolute atomic E-state index is 10.7. The first kappa shape index (κ1) is 9.71. The fraction of sp³-hybridized carbons (Fsp3) is 0.250. The zero-order valence-corrected chi connectivity index (χ0v) is 9.11. The summed E-state index contributed by atoms with van der Waals surface area (Å²) in [7, 11) is 0. The van der Waals surface area contributed by atoms with Gasteiger partial charge in [-0.3, -0.25) is 0 Å². The van der Waals surface area contributed by atoms with Crippen molar-refractivity contribution in [2.45, 2.75) is 13.8 Å². The number of allylic oxidation sites excluding steroid dienone is 3. The predicted octanol–water partition coefficient (Wildman–Crippen LogP) is 1.43. The second kappa shape index (κ2) is 4.51. The van der Waals surface area contributed by atoms with E-state index in [0.29, 0.717) is 0 Å². The molecule has 0 aromatic rings. The summed E-state index contributed by atoms with van der Waals surface area (Å²) in [6.45, 7) is 7.10. The average Bonchev–Trinajstić information content (AvgIpc) is 1.87. The van der Waals surface area contributed by atoms with Crippen LogP contribution in [0.2, 0.25) is 0 Å². The van der Waals surface area contributed by atoms with Gasteiger partial charge in [-0.2, -0.15) is 0 Å². The van der Waals surface area contributed by atoms with Crippen LogP contribution >= 0.6 is 0 Å². The van der Waals surface area contributed by atoms with Gasteiger partial charge in [-0.05, 0) is 0 Å². The van der Waals surface area contributed by atoms with Crippen molar-refractivity contribution in [3.8, 4) is 0 Å². The van der Waals surface area contributed by atoms with Gasteiger partial charge >= 0.3 is 72.0 Å². The van der Waals surface area contributed by atoms with E-state index in [1.165, 1.54) is 19.4 Å². The topological polar surface area (TPSA) is 17.1 Å². The van der Waals surface area contributed by atoms with E-state index >= 15 is 0 Å². The molecular weight excluding hydrogens is 296 g/mol. The molecule has 0 heterocycles. The molecule has 0 aromatic carbocycles. The quantitative estimate of drug-likeness (QED) is 0.721. The van der Waals surface area contributed by atoms with Gasteiger partial charge in [0.25, 0.3) is 0 Å². The Bertz CT molecular complexity index is 201. The van der Waals surface area contributed by atoms with Crippen molar-refractivity contribution in [2.75, 3.05) is 0 Å².